The Labute approximate surface area is 160 Å². The van der Waals surface area contributed by atoms with Gasteiger partial charge in [-0.05, 0) is 25.3 Å². The van der Waals surface area contributed by atoms with Crippen LogP contribution in [0.25, 0.3) is 10.7 Å². The first kappa shape index (κ1) is 18.3. The Morgan fingerprint density at radius 2 is 1.93 bits per heavy atom. The number of rotatable bonds is 5. The van der Waals surface area contributed by atoms with Crippen LogP contribution in [0, 0.1) is 13.8 Å². The van der Waals surface area contributed by atoms with Crippen LogP contribution >= 0.6 is 11.3 Å². The van der Waals surface area contributed by atoms with Crippen molar-refractivity contribution >= 4 is 21.4 Å². The molecule has 1 fully saturated rings. The lowest BCUT2D eigenvalue weighted by Gasteiger charge is -2.32. The summed E-state index contributed by atoms with van der Waals surface area (Å²) >= 11 is 1.55. The van der Waals surface area contributed by atoms with Crippen molar-refractivity contribution in [3.05, 3.63) is 34.9 Å². The van der Waals surface area contributed by atoms with Gasteiger partial charge in [-0.3, -0.25) is 4.90 Å². The van der Waals surface area contributed by atoms with Gasteiger partial charge in [0.05, 0.1) is 11.4 Å². The van der Waals surface area contributed by atoms with E-state index in [0.717, 1.165) is 4.88 Å². The Morgan fingerprint density at radius 1 is 1.15 bits per heavy atom. The molecule has 144 valence electrons. The molecule has 0 aromatic carbocycles. The van der Waals surface area contributed by atoms with Gasteiger partial charge in [-0.2, -0.15) is 9.29 Å². The molecule has 3 aromatic heterocycles. The monoisotopic (exact) mass is 409 g/mol. The second kappa shape index (κ2) is 7.15. The second-order valence-corrected chi connectivity index (χ2v) is 9.15. The molecule has 1 saturated heterocycles. The third-order valence-electron chi connectivity index (χ3n) is 4.47. The molecule has 3 aromatic rings. The van der Waals surface area contributed by atoms with E-state index < -0.39 is 10.0 Å². The Bertz CT molecular complexity index is 998. The number of nitrogens with zero attached hydrogens (tertiary/aromatic N) is 5. The van der Waals surface area contributed by atoms with Crippen LogP contribution in [0.1, 0.15) is 17.3 Å². The average molecular weight is 409 g/mol. The molecule has 11 heteroatoms. The van der Waals surface area contributed by atoms with E-state index in [1.165, 1.54) is 4.31 Å². The Balaban J connectivity index is 1.39. The van der Waals surface area contributed by atoms with E-state index in [-0.39, 0.29) is 4.90 Å². The van der Waals surface area contributed by atoms with Crippen LogP contribution in [0.3, 0.4) is 0 Å². The van der Waals surface area contributed by atoms with E-state index in [9.17, 15) is 8.42 Å². The van der Waals surface area contributed by atoms with E-state index >= 15 is 0 Å². The molecule has 4 heterocycles. The Morgan fingerprint density at radius 3 is 2.56 bits per heavy atom. The van der Waals surface area contributed by atoms with E-state index in [2.05, 4.69) is 20.2 Å². The number of piperazine rings is 1. The topological polar surface area (TPSA) is 106 Å². The molecular weight excluding hydrogens is 390 g/mol. The van der Waals surface area contributed by atoms with Crippen molar-refractivity contribution in [2.24, 2.45) is 0 Å². The summed E-state index contributed by atoms with van der Waals surface area (Å²) in [6.45, 7) is 5.69. The van der Waals surface area contributed by atoms with Gasteiger partial charge in [0.1, 0.15) is 10.6 Å². The van der Waals surface area contributed by atoms with E-state index in [0.29, 0.717) is 55.9 Å². The number of hydrogen-bond donors (Lipinski definition) is 0. The second-order valence-electron chi connectivity index (χ2n) is 6.32. The van der Waals surface area contributed by atoms with E-state index in [4.69, 9.17) is 9.05 Å². The molecule has 0 atom stereocenters. The molecule has 0 spiro atoms. The molecule has 4 rings (SSSR count). The lowest BCUT2D eigenvalue weighted by Crippen LogP contribution is -2.48. The zero-order valence-electron chi connectivity index (χ0n) is 15.0. The highest BCUT2D eigenvalue weighted by atomic mass is 32.2. The largest absolute Gasteiger partial charge is 0.360 e. The molecule has 0 saturated carbocycles. The lowest BCUT2D eigenvalue weighted by molar-refractivity contribution is 0.163. The van der Waals surface area contributed by atoms with E-state index in [1.54, 1.807) is 25.2 Å². The van der Waals surface area contributed by atoms with Gasteiger partial charge >= 0.3 is 0 Å². The predicted octanol–water partition coefficient (Wildman–Crippen LogP) is 1.91. The van der Waals surface area contributed by atoms with Crippen molar-refractivity contribution in [3.63, 3.8) is 0 Å². The fourth-order valence-electron chi connectivity index (χ4n) is 3.12. The molecular formula is C16H19N5O4S2. The van der Waals surface area contributed by atoms with Gasteiger partial charge in [0.25, 0.3) is 0 Å². The maximum absolute atomic E-state index is 12.9. The van der Waals surface area contributed by atoms with Gasteiger partial charge in [-0.25, -0.2) is 8.42 Å². The minimum atomic E-state index is -3.60. The summed E-state index contributed by atoms with van der Waals surface area (Å²) in [6.07, 6.45) is 0. The number of thiophene rings is 1. The molecule has 0 aliphatic carbocycles. The van der Waals surface area contributed by atoms with Crippen molar-refractivity contribution in [1.29, 1.82) is 0 Å². The summed E-state index contributed by atoms with van der Waals surface area (Å²) in [4.78, 5) is 7.65. The Kier molecular flexibility index (Phi) is 4.84. The average Bonchev–Trinajstić information content (AvgIpc) is 3.37. The maximum Gasteiger partial charge on any atom is 0.248 e. The summed E-state index contributed by atoms with van der Waals surface area (Å²) in [7, 11) is -3.60. The molecule has 1 aliphatic rings. The van der Waals surface area contributed by atoms with Crippen LogP contribution in [0.4, 0.5) is 0 Å². The van der Waals surface area contributed by atoms with Crippen molar-refractivity contribution in [2.45, 2.75) is 25.3 Å². The third kappa shape index (κ3) is 3.55. The van der Waals surface area contributed by atoms with Crippen LogP contribution in [0.5, 0.6) is 0 Å². The van der Waals surface area contributed by atoms with Crippen LogP contribution in [-0.2, 0) is 16.6 Å². The highest BCUT2D eigenvalue weighted by Crippen LogP contribution is 2.25. The van der Waals surface area contributed by atoms with Crippen LogP contribution < -0.4 is 0 Å². The van der Waals surface area contributed by atoms with Gasteiger partial charge in [0.15, 0.2) is 5.76 Å². The van der Waals surface area contributed by atoms with Crippen LogP contribution in [0.2, 0.25) is 0 Å². The first-order valence-corrected chi connectivity index (χ1v) is 10.8. The lowest BCUT2D eigenvalue weighted by atomic mass is 10.3. The standard InChI is InChI=1S/C16H19N5O4S2/c1-11-15(12(2)24-18-11)27(22,23)21-7-5-20(6-8-21)10-14-17-16(19-25-14)13-4-3-9-26-13/h3-4,9H,5-8,10H2,1-2H3. The van der Waals surface area contributed by atoms with Crippen LogP contribution in [0.15, 0.2) is 31.5 Å². The first-order valence-electron chi connectivity index (χ1n) is 8.47. The number of aryl methyl sites for hydroxylation is 2. The molecule has 0 radical (unpaired) electrons. The molecule has 0 N–H and O–H groups in total. The smallest absolute Gasteiger partial charge is 0.248 e. The quantitative estimate of drug-likeness (QED) is 0.629. The number of sulfonamides is 1. The molecule has 27 heavy (non-hydrogen) atoms. The SMILES string of the molecule is Cc1noc(C)c1S(=O)(=O)N1CCN(Cc2nc(-c3cccs3)no2)CC1. The van der Waals surface area contributed by atoms with Crippen LogP contribution in [-0.4, -0.2) is 59.1 Å². The molecule has 9 nitrogen and oxygen atoms in total. The minimum absolute atomic E-state index is 0.174. The van der Waals surface area contributed by atoms with Crippen molar-refractivity contribution in [3.8, 4) is 10.7 Å². The zero-order valence-corrected chi connectivity index (χ0v) is 16.6. The Hall–Kier alpha value is -2.08. The number of hydrogen-bond acceptors (Lipinski definition) is 9. The summed E-state index contributed by atoms with van der Waals surface area (Å²) in [5, 5.41) is 9.72. The van der Waals surface area contributed by atoms with Crippen molar-refractivity contribution < 1.29 is 17.5 Å². The summed E-state index contributed by atoms with van der Waals surface area (Å²) in [5.41, 5.74) is 0.391. The van der Waals surface area contributed by atoms with Gasteiger partial charge in [-0.1, -0.05) is 16.4 Å². The molecule has 0 amide bonds. The fourth-order valence-corrected chi connectivity index (χ4v) is 5.48. The van der Waals surface area contributed by atoms with Crippen molar-refractivity contribution in [1.82, 2.24) is 24.5 Å². The maximum atomic E-state index is 12.9. The summed E-state index contributed by atoms with van der Waals surface area (Å²) in [5.74, 6) is 1.43. The van der Waals surface area contributed by atoms with Gasteiger partial charge in [-0.15, -0.1) is 11.3 Å². The predicted molar refractivity (Wildman–Crippen MR) is 97.6 cm³/mol. The van der Waals surface area contributed by atoms with Gasteiger partial charge < -0.3 is 9.05 Å². The highest BCUT2D eigenvalue weighted by Gasteiger charge is 2.33. The fraction of sp³-hybridized carbons (Fsp3) is 0.438. The summed E-state index contributed by atoms with van der Waals surface area (Å²) < 4.78 is 37.5. The first-order chi connectivity index (χ1) is 12.9. The third-order valence-corrected chi connectivity index (χ3v) is 7.48. The molecule has 1 aliphatic heterocycles. The summed E-state index contributed by atoms with van der Waals surface area (Å²) in [6, 6.07) is 3.88. The molecule has 0 unspecified atom stereocenters. The normalized spacial score (nSPS) is 16.8. The molecule has 0 bridgehead atoms. The van der Waals surface area contributed by atoms with Gasteiger partial charge in [0.2, 0.25) is 21.7 Å². The zero-order chi connectivity index (χ0) is 19.0. The highest BCUT2D eigenvalue weighted by molar-refractivity contribution is 7.89. The number of aromatic nitrogens is 3. The van der Waals surface area contributed by atoms with Crippen molar-refractivity contribution in [2.75, 3.05) is 26.2 Å². The minimum Gasteiger partial charge on any atom is -0.360 e. The van der Waals surface area contributed by atoms with E-state index in [1.807, 2.05) is 17.5 Å². The van der Waals surface area contributed by atoms with Gasteiger partial charge in [0, 0.05) is 26.2 Å².